The zero-order chi connectivity index (χ0) is 13.5. The summed E-state index contributed by atoms with van der Waals surface area (Å²) in [6.07, 6.45) is 7.81. The van der Waals surface area contributed by atoms with Crippen molar-refractivity contribution in [2.24, 2.45) is 0 Å². The molecule has 2 aromatic rings. The first-order valence-corrected chi connectivity index (χ1v) is 6.54. The van der Waals surface area contributed by atoms with Gasteiger partial charge in [-0.3, -0.25) is 4.68 Å². The van der Waals surface area contributed by atoms with E-state index < -0.39 is 0 Å². The number of hydrogen-bond acceptors (Lipinski definition) is 4. The number of hydrogen-bond donors (Lipinski definition) is 1. The summed E-state index contributed by atoms with van der Waals surface area (Å²) in [5.41, 5.74) is 1.19. The number of imidazole rings is 1. The van der Waals surface area contributed by atoms with Crippen LogP contribution in [0.3, 0.4) is 0 Å². The van der Waals surface area contributed by atoms with Gasteiger partial charge in [0, 0.05) is 44.4 Å². The summed E-state index contributed by atoms with van der Waals surface area (Å²) in [6.45, 7) is 6.08. The van der Waals surface area contributed by atoms with Gasteiger partial charge in [0.25, 0.3) is 0 Å². The number of nitrogens with one attached hydrogen (secondary N) is 1. The lowest BCUT2D eigenvalue weighted by atomic mass is 10.3. The molecule has 0 amide bonds. The van der Waals surface area contributed by atoms with Crippen LogP contribution in [0.15, 0.2) is 24.8 Å². The molecule has 2 heterocycles. The maximum atomic E-state index is 5.00. The maximum absolute atomic E-state index is 5.00. The molecule has 6 heteroatoms. The van der Waals surface area contributed by atoms with E-state index >= 15 is 0 Å². The molecule has 1 N–H and O–H groups in total. The van der Waals surface area contributed by atoms with Crippen LogP contribution in [-0.4, -0.2) is 39.6 Å². The molecule has 104 valence electrons. The van der Waals surface area contributed by atoms with E-state index in [1.807, 2.05) is 23.3 Å². The number of rotatable bonds is 8. The fourth-order valence-electron chi connectivity index (χ4n) is 1.88. The van der Waals surface area contributed by atoms with Crippen LogP contribution >= 0.6 is 0 Å². The van der Waals surface area contributed by atoms with Crippen LogP contribution in [0.2, 0.25) is 0 Å². The topological polar surface area (TPSA) is 56.9 Å². The van der Waals surface area contributed by atoms with Crippen LogP contribution < -0.4 is 5.32 Å². The second kappa shape index (κ2) is 7.06. The smallest absolute Gasteiger partial charge is 0.122 e. The Balaban J connectivity index is 1.91. The average Bonchev–Trinajstić information content (AvgIpc) is 3.05. The zero-order valence-corrected chi connectivity index (χ0v) is 11.5. The largest absolute Gasteiger partial charge is 0.383 e. The van der Waals surface area contributed by atoms with E-state index in [0.717, 1.165) is 32.0 Å². The molecular weight excluding hydrogens is 242 g/mol. The predicted octanol–water partition coefficient (Wildman–Crippen LogP) is 0.884. The first-order chi connectivity index (χ1) is 9.33. The molecule has 2 rings (SSSR count). The molecule has 0 fully saturated rings. The van der Waals surface area contributed by atoms with Gasteiger partial charge < -0.3 is 14.6 Å². The molecule has 0 aliphatic carbocycles. The van der Waals surface area contributed by atoms with Crippen molar-refractivity contribution >= 4 is 0 Å². The molecule has 19 heavy (non-hydrogen) atoms. The summed E-state index contributed by atoms with van der Waals surface area (Å²) >= 11 is 0. The Bertz CT molecular complexity index is 491. The monoisotopic (exact) mass is 263 g/mol. The molecule has 0 aliphatic heterocycles. The summed E-state index contributed by atoms with van der Waals surface area (Å²) in [7, 11) is 1.70. The van der Waals surface area contributed by atoms with Gasteiger partial charge in [0.1, 0.15) is 5.82 Å². The number of methoxy groups -OCH3 is 1. The van der Waals surface area contributed by atoms with Crippen molar-refractivity contribution in [2.45, 2.75) is 26.6 Å². The molecule has 0 bridgehead atoms. The van der Waals surface area contributed by atoms with Crippen molar-refractivity contribution in [1.29, 1.82) is 0 Å². The second-order valence-electron chi connectivity index (χ2n) is 4.35. The number of aromatic nitrogens is 4. The van der Waals surface area contributed by atoms with Crippen LogP contribution in [0.4, 0.5) is 0 Å². The summed E-state index contributed by atoms with van der Waals surface area (Å²) in [6, 6.07) is 0. The van der Waals surface area contributed by atoms with E-state index in [2.05, 4.69) is 33.1 Å². The average molecular weight is 263 g/mol. The minimum absolute atomic E-state index is 0.712. The molecule has 0 aliphatic rings. The highest BCUT2D eigenvalue weighted by Crippen LogP contribution is 2.05. The molecule has 0 saturated heterocycles. The van der Waals surface area contributed by atoms with Gasteiger partial charge in [-0.2, -0.15) is 5.10 Å². The molecule has 0 unspecified atom stereocenters. The van der Waals surface area contributed by atoms with Crippen molar-refractivity contribution in [3.63, 3.8) is 0 Å². The molecule has 0 spiro atoms. The Morgan fingerprint density at radius 3 is 3.05 bits per heavy atom. The van der Waals surface area contributed by atoms with Crippen LogP contribution in [0.5, 0.6) is 0 Å². The summed E-state index contributed by atoms with van der Waals surface area (Å²) in [4.78, 5) is 4.37. The molecule has 0 aromatic carbocycles. The fourth-order valence-corrected chi connectivity index (χ4v) is 1.88. The Kier molecular flexibility index (Phi) is 5.11. The molecule has 6 nitrogen and oxygen atoms in total. The fraction of sp³-hybridized carbons (Fsp3) is 0.538. The number of ether oxygens (including phenoxy) is 1. The van der Waals surface area contributed by atoms with Crippen molar-refractivity contribution in [1.82, 2.24) is 24.6 Å². The van der Waals surface area contributed by atoms with Gasteiger partial charge in [-0.05, 0) is 6.92 Å². The van der Waals surface area contributed by atoms with E-state index in [1.165, 1.54) is 5.56 Å². The third-order valence-electron chi connectivity index (χ3n) is 2.93. The first kappa shape index (κ1) is 13.8. The SMILES string of the molecule is CCn1cc(Cn2ccnc2CNCCOC)cn1. The van der Waals surface area contributed by atoms with Gasteiger partial charge in [0.2, 0.25) is 0 Å². The Labute approximate surface area is 113 Å². The van der Waals surface area contributed by atoms with Crippen molar-refractivity contribution in [2.75, 3.05) is 20.3 Å². The third-order valence-corrected chi connectivity index (χ3v) is 2.93. The second-order valence-corrected chi connectivity index (χ2v) is 4.35. The number of nitrogens with zero attached hydrogens (tertiary/aromatic N) is 4. The lowest BCUT2D eigenvalue weighted by Crippen LogP contribution is -2.21. The maximum Gasteiger partial charge on any atom is 0.122 e. The quantitative estimate of drug-likeness (QED) is 0.718. The van der Waals surface area contributed by atoms with E-state index in [1.54, 1.807) is 7.11 Å². The van der Waals surface area contributed by atoms with E-state index in [4.69, 9.17) is 4.74 Å². The van der Waals surface area contributed by atoms with Crippen LogP contribution in [-0.2, 0) is 24.4 Å². The van der Waals surface area contributed by atoms with Gasteiger partial charge in [0.05, 0.1) is 25.9 Å². The van der Waals surface area contributed by atoms with Gasteiger partial charge in [-0.15, -0.1) is 0 Å². The Morgan fingerprint density at radius 1 is 1.42 bits per heavy atom. The van der Waals surface area contributed by atoms with Gasteiger partial charge in [-0.25, -0.2) is 4.98 Å². The van der Waals surface area contributed by atoms with Crippen molar-refractivity contribution < 1.29 is 4.74 Å². The van der Waals surface area contributed by atoms with E-state index in [-0.39, 0.29) is 0 Å². The molecule has 2 aromatic heterocycles. The van der Waals surface area contributed by atoms with Crippen molar-refractivity contribution in [3.05, 3.63) is 36.2 Å². The lowest BCUT2D eigenvalue weighted by Gasteiger charge is -2.07. The predicted molar refractivity (Wildman–Crippen MR) is 72.8 cm³/mol. The highest BCUT2D eigenvalue weighted by molar-refractivity contribution is 5.07. The van der Waals surface area contributed by atoms with E-state index in [9.17, 15) is 0 Å². The zero-order valence-electron chi connectivity index (χ0n) is 11.5. The van der Waals surface area contributed by atoms with Crippen LogP contribution in [0.25, 0.3) is 0 Å². The normalized spacial score (nSPS) is 11.1. The van der Waals surface area contributed by atoms with Gasteiger partial charge in [0.15, 0.2) is 0 Å². The van der Waals surface area contributed by atoms with Gasteiger partial charge >= 0.3 is 0 Å². The van der Waals surface area contributed by atoms with Gasteiger partial charge in [-0.1, -0.05) is 0 Å². The summed E-state index contributed by atoms with van der Waals surface area (Å²) in [5, 5.41) is 7.58. The summed E-state index contributed by atoms with van der Waals surface area (Å²) in [5.74, 6) is 1.03. The number of aryl methyl sites for hydroxylation is 1. The highest BCUT2D eigenvalue weighted by Gasteiger charge is 2.04. The van der Waals surface area contributed by atoms with Crippen molar-refractivity contribution in [3.8, 4) is 0 Å². The third kappa shape index (κ3) is 3.90. The first-order valence-electron chi connectivity index (χ1n) is 6.54. The molecule has 0 atom stereocenters. The minimum atomic E-state index is 0.712. The standard InChI is InChI=1S/C13H21N5O/c1-3-18-11-12(8-16-18)10-17-6-4-15-13(17)9-14-5-7-19-2/h4,6,8,11,14H,3,5,7,9-10H2,1-2H3. The summed E-state index contributed by atoms with van der Waals surface area (Å²) < 4.78 is 9.07. The van der Waals surface area contributed by atoms with Crippen LogP contribution in [0, 0.1) is 0 Å². The Morgan fingerprint density at radius 2 is 2.32 bits per heavy atom. The van der Waals surface area contributed by atoms with E-state index in [0.29, 0.717) is 6.61 Å². The van der Waals surface area contributed by atoms with Crippen LogP contribution in [0.1, 0.15) is 18.3 Å². The highest BCUT2D eigenvalue weighted by atomic mass is 16.5. The molecule has 0 saturated carbocycles. The molecular formula is C13H21N5O. The Hall–Kier alpha value is -1.66. The minimum Gasteiger partial charge on any atom is -0.383 e. The lowest BCUT2D eigenvalue weighted by molar-refractivity contribution is 0.199. The molecule has 0 radical (unpaired) electrons.